The Balaban J connectivity index is 1.46. The molecule has 3 aromatic carbocycles. The summed E-state index contributed by atoms with van der Waals surface area (Å²) in [5.74, 6) is 0.269. The number of carbonyl (C=O) groups is 1. The van der Waals surface area contributed by atoms with Crippen molar-refractivity contribution in [2.75, 3.05) is 11.4 Å². The van der Waals surface area contributed by atoms with Gasteiger partial charge in [-0.2, -0.15) is 5.26 Å². The Morgan fingerprint density at radius 2 is 1.74 bits per heavy atom. The Hall–Kier alpha value is -4.17. The molecule has 5 heteroatoms. The van der Waals surface area contributed by atoms with Crippen LogP contribution in [0.2, 0.25) is 0 Å². The van der Waals surface area contributed by atoms with Gasteiger partial charge in [-0.05, 0) is 23.8 Å². The van der Waals surface area contributed by atoms with Crippen molar-refractivity contribution in [3.8, 4) is 23.1 Å². The molecule has 0 aliphatic carbocycles. The smallest absolute Gasteiger partial charge is 0.268 e. The van der Waals surface area contributed by atoms with Crippen LogP contribution in [-0.2, 0) is 4.79 Å². The Labute approximate surface area is 180 Å². The zero-order valence-electron chi connectivity index (χ0n) is 16.7. The number of aromatic nitrogens is 1. The third-order valence-electron chi connectivity index (χ3n) is 5.50. The maximum atomic E-state index is 13.3. The Morgan fingerprint density at radius 3 is 2.58 bits per heavy atom. The summed E-state index contributed by atoms with van der Waals surface area (Å²) in [5.41, 5.74) is 3.75. The van der Waals surface area contributed by atoms with Gasteiger partial charge in [0.05, 0.1) is 16.8 Å². The topological polar surface area (TPSA) is 66.2 Å². The average molecular weight is 405 g/mol. The van der Waals surface area contributed by atoms with E-state index in [1.165, 1.54) is 0 Å². The van der Waals surface area contributed by atoms with E-state index < -0.39 is 6.10 Å². The number of nitriles is 1. The molecule has 0 radical (unpaired) electrons. The summed E-state index contributed by atoms with van der Waals surface area (Å²) in [4.78, 5) is 19.5. The number of hydrogen-bond donors (Lipinski definition) is 0. The van der Waals surface area contributed by atoms with Gasteiger partial charge in [-0.15, -0.1) is 0 Å². The van der Waals surface area contributed by atoms with Crippen LogP contribution in [0.4, 0.5) is 5.69 Å². The van der Waals surface area contributed by atoms with Crippen molar-refractivity contribution in [3.63, 3.8) is 0 Å². The molecule has 5 rings (SSSR count). The molecule has 4 aromatic rings. The van der Waals surface area contributed by atoms with E-state index in [-0.39, 0.29) is 5.91 Å². The third-order valence-corrected chi connectivity index (χ3v) is 5.50. The summed E-state index contributed by atoms with van der Waals surface area (Å²) in [6.07, 6.45) is -0.106. The number of anilines is 1. The fraction of sp³-hybridized carbons (Fsp3) is 0.115. The van der Waals surface area contributed by atoms with Gasteiger partial charge < -0.3 is 9.64 Å². The molecule has 31 heavy (non-hydrogen) atoms. The Kier molecular flexibility index (Phi) is 4.81. The van der Waals surface area contributed by atoms with Gasteiger partial charge in [0.1, 0.15) is 6.07 Å². The highest BCUT2D eigenvalue weighted by atomic mass is 16.5. The lowest BCUT2D eigenvalue weighted by molar-refractivity contribution is -0.123. The molecular formula is C26H19N3O2. The zero-order chi connectivity index (χ0) is 21.2. The second kappa shape index (κ2) is 7.92. The summed E-state index contributed by atoms with van der Waals surface area (Å²) < 4.78 is 5.98. The van der Waals surface area contributed by atoms with Crippen LogP contribution in [0.1, 0.15) is 12.0 Å². The van der Waals surface area contributed by atoms with E-state index in [0.717, 1.165) is 22.0 Å². The van der Waals surface area contributed by atoms with E-state index in [0.29, 0.717) is 30.1 Å². The lowest BCUT2D eigenvalue weighted by Crippen LogP contribution is -2.33. The summed E-state index contributed by atoms with van der Waals surface area (Å²) in [6, 6.07) is 29.1. The molecule has 1 amide bonds. The number of nitrogens with zero attached hydrogens (tertiary/aromatic N) is 3. The molecule has 1 unspecified atom stereocenters. The monoisotopic (exact) mass is 405 g/mol. The van der Waals surface area contributed by atoms with Crippen LogP contribution in [0.5, 0.6) is 5.88 Å². The van der Waals surface area contributed by atoms with Gasteiger partial charge >= 0.3 is 0 Å². The fourth-order valence-corrected chi connectivity index (χ4v) is 4.02. The quantitative estimate of drug-likeness (QED) is 0.481. The predicted molar refractivity (Wildman–Crippen MR) is 120 cm³/mol. The zero-order valence-corrected chi connectivity index (χ0v) is 16.7. The first kappa shape index (κ1) is 18.8. The molecule has 1 saturated heterocycles. The summed E-state index contributed by atoms with van der Waals surface area (Å²) in [6.45, 7) is 0.482. The molecule has 1 aliphatic heterocycles. The molecule has 1 aliphatic rings. The largest absolute Gasteiger partial charge is 0.464 e. The van der Waals surface area contributed by atoms with Gasteiger partial charge in [0.25, 0.3) is 5.91 Å². The maximum Gasteiger partial charge on any atom is 0.268 e. The minimum Gasteiger partial charge on any atom is -0.464 e. The van der Waals surface area contributed by atoms with Gasteiger partial charge in [0.15, 0.2) is 6.10 Å². The van der Waals surface area contributed by atoms with Crippen LogP contribution >= 0.6 is 0 Å². The standard InChI is InChI=1S/C26H19N3O2/c27-17-20-10-6-11-21(18-7-2-1-3-8-18)25(20)29-16-15-23(26(29)30)31-24-14-13-19-9-4-5-12-22(19)28-24/h1-14,23H,15-16H2. The number of ether oxygens (including phenoxy) is 1. The highest BCUT2D eigenvalue weighted by Crippen LogP contribution is 2.36. The van der Waals surface area contributed by atoms with Crippen molar-refractivity contribution in [1.82, 2.24) is 4.98 Å². The second-order valence-corrected chi connectivity index (χ2v) is 7.41. The van der Waals surface area contributed by atoms with Gasteiger partial charge in [-0.3, -0.25) is 4.79 Å². The minimum absolute atomic E-state index is 0.158. The van der Waals surface area contributed by atoms with Crippen molar-refractivity contribution in [2.24, 2.45) is 0 Å². The third kappa shape index (κ3) is 3.49. The first-order valence-electron chi connectivity index (χ1n) is 10.2. The van der Waals surface area contributed by atoms with Gasteiger partial charge in [0.2, 0.25) is 5.88 Å². The van der Waals surface area contributed by atoms with E-state index >= 15 is 0 Å². The molecule has 0 bridgehead atoms. The van der Waals surface area contributed by atoms with Gasteiger partial charge in [-0.25, -0.2) is 4.98 Å². The molecule has 1 aromatic heterocycles. The second-order valence-electron chi connectivity index (χ2n) is 7.41. The van der Waals surface area contributed by atoms with Crippen molar-refractivity contribution in [2.45, 2.75) is 12.5 Å². The number of benzene rings is 3. The summed E-state index contributed by atoms with van der Waals surface area (Å²) in [5, 5.41) is 10.7. The number of carbonyl (C=O) groups excluding carboxylic acids is 1. The van der Waals surface area contributed by atoms with Crippen LogP contribution < -0.4 is 9.64 Å². The van der Waals surface area contributed by atoms with Crippen LogP contribution in [0.3, 0.4) is 0 Å². The first-order valence-corrected chi connectivity index (χ1v) is 10.2. The lowest BCUT2D eigenvalue weighted by atomic mass is 9.99. The van der Waals surface area contributed by atoms with E-state index in [4.69, 9.17) is 4.74 Å². The Bertz CT molecular complexity index is 1310. The minimum atomic E-state index is -0.635. The Morgan fingerprint density at radius 1 is 0.935 bits per heavy atom. The first-order chi connectivity index (χ1) is 15.2. The van der Waals surface area contributed by atoms with Crippen LogP contribution in [0.15, 0.2) is 84.9 Å². The molecule has 0 N–H and O–H groups in total. The average Bonchev–Trinajstić information content (AvgIpc) is 3.18. The lowest BCUT2D eigenvalue weighted by Gasteiger charge is -2.22. The van der Waals surface area contributed by atoms with E-state index in [2.05, 4.69) is 11.1 Å². The van der Waals surface area contributed by atoms with E-state index in [1.807, 2.05) is 72.8 Å². The highest BCUT2D eigenvalue weighted by Gasteiger charge is 2.36. The molecule has 0 saturated carbocycles. The van der Waals surface area contributed by atoms with Crippen molar-refractivity contribution >= 4 is 22.5 Å². The van der Waals surface area contributed by atoms with Crippen molar-refractivity contribution < 1.29 is 9.53 Å². The number of para-hydroxylation sites is 2. The van der Waals surface area contributed by atoms with Crippen LogP contribution in [0, 0.1) is 11.3 Å². The number of hydrogen-bond acceptors (Lipinski definition) is 4. The molecule has 5 nitrogen and oxygen atoms in total. The fourth-order valence-electron chi connectivity index (χ4n) is 4.02. The highest BCUT2D eigenvalue weighted by molar-refractivity contribution is 6.03. The molecular weight excluding hydrogens is 386 g/mol. The number of pyridine rings is 1. The molecule has 1 fully saturated rings. The number of amides is 1. The van der Waals surface area contributed by atoms with Crippen molar-refractivity contribution in [3.05, 3.63) is 90.5 Å². The summed E-state index contributed by atoms with van der Waals surface area (Å²) >= 11 is 0. The van der Waals surface area contributed by atoms with E-state index in [9.17, 15) is 10.1 Å². The SMILES string of the molecule is N#Cc1cccc(-c2ccccc2)c1N1CCC(Oc2ccc3ccccc3n2)C1=O. The van der Waals surface area contributed by atoms with Gasteiger partial charge in [0, 0.05) is 30.0 Å². The molecule has 0 spiro atoms. The maximum absolute atomic E-state index is 13.3. The van der Waals surface area contributed by atoms with Gasteiger partial charge in [-0.1, -0.05) is 60.7 Å². The summed E-state index contributed by atoms with van der Waals surface area (Å²) in [7, 11) is 0. The van der Waals surface area contributed by atoms with Crippen molar-refractivity contribution in [1.29, 1.82) is 5.26 Å². The van der Waals surface area contributed by atoms with Crippen LogP contribution in [-0.4, -0.2) is 23.5 Å². The van der Waals surface area contributed by atoms with Crippen LogP contribution in [0.25, 0.3) is 22.0 Å². The van der Waals surface area contributed by atoms with E-state index in [1.54, 1.807) is 17.0 Å². The number of rotatable bonds is 4. The number of fused-ring (bicyclic) bond motifs is 1. The molecule has 2 heterocycles. The normalized spacial score (nSPS) is 15.8. The predicted octanol–water partition coefficient (Wildman–Crippen LogP) is 4.96. The molecule has 150 valence electrons. The molecule has 1 atom stereocenters.